The van der Waals surface area contributed by atoms with Crippen molar-refractivity contribution in [1.82, 2.24) is 10.3 Å². The number of nitrogens with zero attached hydrogens (tertiary/aromatic N) is 2. The molecule has 1 aliphatic carbocycles. The predicted octanol–water partition coefficient (Wildman–Crippen LogP) is 3.52. The lowest BCUT2D eigenvalue weighted by molar-refractivity contribution is -0.386. The molecule has 21 heavy (non-hydrogen) atoms. The second kappa shape index (κ2) is 6.98. The average Bonchev–Trinajstić information content (AvgIpc) is 2.43. The summed E-state index contributed by atoms with van der Waals surface area (Å²) >= 11 is 0. The van der Waals surface area contributed by atoms with E-state index in [0.717, 1.165) is 24.1 Å². The highest BCUT2D eigenvalue weighted by Crippen LogP contribution is 2.29. The van der Waals surface area contributed by atoms with Gasteiger partial charge in [0.1, 0.15) is 0 Å². The highest BCUT2D eigenvalue weighted by Gasteiger charge is 2.22. The molecule has 5 heteroatoms. The first-order valence-corrected chi connectivity index (χ1v) is 7.81. The molecule has 2 unspecified atom stereocenters. The van der Waals surface area contributed by atoms with Crippen LogP contribution in [0.4, 0.5) is 5.69 Å². The number of rotatable bonds is 5. The first-order chi connectivity index (χ1) is 10.0. The number of pyridine rings is 1. The standard InChI is InChI=1S/C16H25N3O2/c1-11-6-4-5-7-14(11)9-17-10-15-13(3)16(19(20)21)12(2)8-18-15/h8,11,14,17H,4-7,9-10H2,1-3H3. The molecule has 0 amide bonds. The van der Waals surface area contributed by atoms with Crippen molar-refractivity contribution < 1.29 is 4.92 Å². The van der Waals surface area contributed by atoms with E-state index in [-0.39, 0.29) is 10.6 Å². The molecule has 2 rings (SSSR count). The number of aryl methyl sites for hydroxylation is 1. The van der Waals surface area contributed by atoms with E-state index < -0.39 is 0 Å². The lowest BCUT2D eigenvalue weighted by atomic mass is 9.80. The summed E-state index contributed by atoms with van der Waals surface area (Å²) in [5, 5.41) is 14.6. The summed E-state index contributed by atoms with van der Waals surface area (Å²) < 4.78 is 0. The molecule has 0 spiro atoms. The van der Waals surface area contributed by atoms with Crippen LogP contribution in [0, 0.1) is 35.8 Å². The third kappa shape index (κ3) is 3.79. The molecule has 1 fully saturated rings. The molecule has 1 N–H and O–H groups in total. The van der Waals surface area contributed by atoms with Gasteiger partial charge in [-0.05, 0) is 38.6 Å². The van der Waals surface area contributed by atoms with Gasteiger partial charge in [-0.15, -0.1) is 0 Å². The largest absolute Gasteiger partial charge is 0.311 e. The van der Waals surface area contributed by atoms with Crippen molar-refractivity contribution in [1.29, 1.82) is 0 Å². The molecule has 116 valence electrons. The summed E-state index contributed by atoms with van der Waals surface area (Å²) in [7, 11) is 0. The van der Waals surface area contributed by atoms with Gasteiger partial charge in [-0.1, -0.05) is 26.2 Å². The highest BCUT2D eigenvalue weighted by atomic mass is 16.6. The van der Waals surface area contributed by atoms with Crippen LogP contribution in [0.5, 0.6) is 0 Å². The van der Waals surface area contributed by atoms with Gasteiger partial charge in [-0.25, -0.2) is 0 Å². The van der Waals surface area contributed by atoms with Crippen LogP contribution in [0.2, 0.25) is 0 Å². The van der Waals surface area contributed by atoms with Crippen LogP contribution in [0.3, 0.4) is 0 Å². The van der Waals surface area contributed by atoms with Crippen LogP contribution in [0.25, 0.3) is 0 Å². The van der Waals surface area contributed by atoms with Gasteiger partial charge in [-0.2, -0.15) is 0 Å². The second-order valence-electron chi connectivity index (χ2n) is 6.27. The van der Waals surface area contributed by atoms with Gasteiger partial charge in [0.25, 0.3) is 5.69 Å². The lowest BCUT2D eigenvalue weighted by Gasteiger charge is -2.28. The molecular weight excluding hydrogens is 266 g/mol. The summed E-state index contributed by atoms with van der Waals surface area (Å²) in [5.41, 5.74) is 2.30. The van der Waals surface area contributed by atoms with E-state index in [4.69, 9.17) is 0 Å². The van der Waals surface area contributed by atoms with Gasteiger partial charge in [-0.3, -0.25) is 15.1 Å². The Morgan fingerprint density at radius 1 is 1.38 bits per heavy atom. The Balaban J connectivity index is 1.97. The zero-order valence-electron chi connectivity index (χ0n) is 13.2. The molecule has 1 saturated carbocycles. The first kappa shape index (κ1) is 15.9. The van der Waals surface area contributed by atoms with E-state index in [1.807, 2.05) is 0 Å². The number of hydrogen-bond acceptors (Lipinski definition) is 4. The zero-order valence-corrected chi connectivity index (χ0v) is 13.2. The molecule has 0 aromatic carbocycles. The van der Waals surface area contributed by atoms with Gasteiger partial charge >= 0.3 is 0 Å². The third-order valence-electron chi connectivity index (χ3n) is 4.75. The van der Waals surface area contributed by atoms with Crippen LogP contribution in [-0.4, -0.2) is 16.5 Å². The monoisotopic (exact) mass is 291 g/mol. The van der Waals surface area contributed by atoms with E-state index in [1.165, 1.54) is 25.7 Å². The van der Waals surface area contributed by atoms with Crippen LogP contribution in [0.15, 0.2) is 6.20 Å². The second-order valence-corrected chi connectivity index (χ2v) is 6.27. The fraction of sp³-hybridized carbons (Fsp3) is 0.688. The van der Waals surface area contributed by atoms with Crippen molar-refractivity contribution in [3.63, 3.8) is 0 Å². The molecule has 1 aromatic heterocycles. The van der Waals surface area contributed by atoms with Crippen molar-refractivity contribution in [3.05, 3.63) is 33.1 Å². The fourth-order valence-electron chi connectivity index (χ4n) is 3.30. The maximum atomic E-state index is 11.1. The average molecular weight is 291 g/mol. The smallest absolute Gasteiger partial charge is 0.278 e. The van der Waals surface area contributed by atoms with Crippen molar-refractivity contribution in [2.24, 2.45) is 11.8 Å². The van der Waals surface area contributed by atoms with Crippen LogP contribution >= 0.6 is 0 Å². The number of aromatic nitrogens is 1. The van der Waals surface area contributed by atoms with Crippen LogP contribution in [-0.2, 0) is 6.54 Å². The maximum Gasteiger partial charge on any atom is 0.278 e. The number of nitro groups is 1. The summed E-state index contributed by atoms with van der Waals surface area (Å²) in [6.45, 7) is 7.43. The van der Waals surface area contributed by atoms with E-state index in [2.05, 4.69) is 17.2 Å². The van der Waals surface area contributed by atoms with Crippen LogP contribution in [0.1, 0.15) is 49.4 Å². The number of nitrogens with one attached hydrogen (secondary N) is 1. The van der Waals surface area contributed by atoms with E-state index in [1.54, 1.807) is 20.0 Å². The van der Waals surface area contributed by atoms with Gasteiger partial charge in [0.15, 0.2) is 0 Å². The van der Waals surface area contributed by atoms with E-state index >= 15 is 0 Å². The molecule has 1 heterocycles. The van der Waals surface area contributed by atoms with Gasteiger partial charge < -0.3 is 5.32 Å². The Kier molecular flexibility index (Phi) is 5.28. The van der Waals surface area contributed by atoms with E-state index in [9.17, 15) is 10.1 Å². The summed E-state index contributed by atoms with van der Waals surface area (Å²) in [5.74, 6) is 1.49. The SMILES string of the molecule is Cc1cnc(CNCC2CCCCC2C)c(C)c1[N+](=O)[O-]. The Bertz CT molecular complexity index is 516. The minimum absolute atomic E-state index is 0.202. The van der Waals surface area contributed by atoms with Gasteiger partial charge in [0.05, 0.1) is 10.6 Å². The summed E-state index contributed by atoms with van der Waals surface area (Å²) in [4.78, 5) is 15.2. The minimum atomic E-state index is -0.306. The van der Waals surface area contributed by atoms with Crippen molar-refractivity contribution in [2.75, 3.05) is 6.54 Å². The van der Waals surface area contributed by atoms with Crippen molar-refractivity contribution in [2.45, 2.75) is 53.0 Å². The molecule has 0 saturated heterocycles. The Morgan fingerprint density at radius 3 is 2.76 bits per heavy atom. The van der Waals surface area contributed by atoms with E-state index in [0.29, 0.717) is 17.7 Å². The molecule has 0 aliphatic heterocycles. The normalized spacial score (nSPS) is 22.2. The molecule has 1 aromatic rings. The van der Waals surface area contributed by atoms with Gasteiger partial charge in [0, 0.05) is 23.9 Å². The molecule has 5 nitrogen and oxygen atoms in total. The fourth-order valence-corrected chi connectivity index (χ4v) is 3.30. The van der Waals surface area contributed by atoms with Gasteiger partial charge in [0.2, 0.25) is 0 Å². The summed E-state index contributed by atoms with van der Waals surface area (Å²) in [6, 6.07) is 0. The highest BCUT2D eigenvalue weighted by molar-refractivity contribution is 5.47. The first-order valence-electron chi connectivity index (χ1n) is 7.81. The van der Waals surface area contributed by atoms with Crippen molar-refractivity contribution in [3.8, 4) is 0 Å². The summed E-state index contributed by atoms with van der Waals surface area (Å²) in [6.07, 6.45) is 6.88. The zero-order chi connectivity index (χ0) is 15.4. The third-order valence-corrected chi connectivity index (χ3v) is 4.75. The minimum Gasteiger partial charge on any atom is -0.311 e. The molecule has 2 atom stereocenters. The maximum absolute atomic E-state index is 11.1. The molecule has 1 aliphatic rings. The Morgan fingerprint density at radius 2 is 2.10 bits per heavy atom. The van der Waals surface area contributed by atoms with Crippen molar-refractivity contribution >= 4 is 5.69 Å². The predicted molar refractivity (Wildman–Crippen MR) is 83.2 cm³/mol. The lowest BCUT2D eigenvalue weighted by Crippen LogP contribution is -2.29. The molecule has 0 bridgehead atoms. The molecule has 0 radical (unpaired) electrons. The molecular formula is C16H25N3O2. The Hall–Kier alpha value is -1.49. The Labute approximate surface area is 126 Å². The quantitative estimate of drug-likeness (QED) is 0.665. The topological polar surface area (TPSA) is 68.1 Å². The van der Waals surface area contributed by atoms with Crippen LogP contribution < -0.4 is 5.32 Å². The number of hydrogen-bond donors (Lipinski definition) is 1.